The van der Waals surface area contributed by atoms with Crippen molar-refractivity contribution in [3.8, 4) is 17.2 Å². The van der Waals surface area contributed by atoms with Gasteiger partial charge in [-0.05, 0) is 12.5 Å². The van der Waals surface area contributed by atoms with Crippen molar-refractivity contribution in [3.05, 3.63) is 52.5 Å². The van der Waals surface area contributed by atoms with Crippen LogP contribution in [0.2, 0.25) is 0 Å². The van der Waals surface area contributed by atoms with E-state index in [2.05, 4.69) is 20.2 Å². The Morgan fingerprint density at radius 1 is 1.14 bits per heavy atom. The highest BCUT2D eigenvalue weighted by Crippen LogP contribution is 2.33. The number of nitrogens with zero attached hydrogens (tertiary/aromatic N) is 4. The second kappa shape index (κ2) is 9.64. The van der Waals surface area contributed by atoms with Gasteiger partial charge in [-0.1, -0.05) is 0 Å². The van der Waals surface area contributed by atoms with E-state index in [4.69, 9.17) is 14.2 Å². The van der Waals surface area contributed by atoms with Crippen molar-refractivity contribution in [3.63, 3.8) is 0 Å². The molecule has 0 spiro atoms. The van der Waals surface area contributed by atoms with E-state index in [1.807, 2.05) is 6.07 Å². The summed E-state index contributed by atoms with van der Waals surface area (Å²) in [5.41, 5.74) is 1.57. The minimum atomic E-state index is -0.569. The molecule has 0 aromatic carbocycles. The van der Waals surface area contributed by atoms with Crippen molar-refractivity contribution in [2.45, 2.75) is 25.1 Å². The van der Waals surface area contributed by atoms with Crippen LogP contribution >= 0.6 is 0 Å². The summed E-state index contributed by atoms with van der Waals surface area (Å²) in [4.78, 5) is 23.5. The number of hydrogen-bond donors (Lipinski definition) is 2. The lowest BCUT2D eigenvalue weighted by Gasteiger charge is -2.39. The fourth-order valence-electron chi connectivity index (χ4n) is 5.29. The Kier molecular flexibility index (Phi) is 6.20. The topological polar surface area (TPSA) is 111 Å². The molecule has 1 fully saturated rings. The van der Waals surface area contributed by atoms with Crippen LogP contribution in [-0.2, 0) is 6.54 Å². The molecule has 3 aromatic rings. The molecule has 1 saturated heterocycles. The van der Waals surface area contributed by atoms with Crippen molar-refractivity contribution >= 4 is 11.0 Å². The quantitative estimate of drug-likeness (QED) is 0.517. The molecule has 2 N–H and O–H groups in total. The first-order valence-corrected chi connectivity index (χ1v) is 12.2. The fourth-order valence-corrected chi connectivity index (χ4v) is 5.29. The molecule has 0 aliphatic carbocycles. The number of aromatic nitrogens is 3. The van der Waals surface area contributed by atoms with Crippen molar-refractivity contribution in [1.29, 1.82) is 0 Å². The van der Waals surface area contributed by atoms with Gasteiger partial charge in [0.05, 0.1) is 35.8 Å². The third-order valence-corrected chi connectivity index (χ3v) is 7.09. The summed E-state index contributed by atoms with van der Waals surface area (Å²) in [5, 5.41) is 14.0. The largest absolute Gasteiger partial charge is 0.486 e. The number of hydrogen-bond acceptors (Lipinski definition) is 9. The van der Waals surface area contributed by atoms with E-state index in [9.17, 15) is 14.3 Å². The van der Waals surface area contributed by atoms with Crippen molar-refractivity contribution in [2.75, 3.05) is 46.0 Å². The van der Waals surface area contributed by atoms with Gasteiger partial charge in [0.25, 0.3) is 5.56 Å². The summed E-state index contributed by atoms with van der Waals surface area (Å²) in [6.45, 7) is 4.34. The number of rotatable bonds is 6. The second-order valence-corrected chi connectivity index (χ2v) is 9.50. The van der Waals surface area contributed by atoms with Gasteiger partial charge in [-0.3, -0.25) is 19.3 Å². The first-order chi connectivity index (χ1) is 17.6. The van der Waals surface area contributed by atoms with Gasteiger partial charge in [-0.25, -0.2) is 4.39 Å². The van der Waals surface area contributed by atoms with E-state index in [1.54, 1.807) is 16.8 Å². The van der Waals surface area contributed by atoms with Crippen molar-refractivity contribution < 1.29 is 23.7 Å². The summed E-state index contributed by atoms with van der Waals surface area (Å²) in [5.74, 6) is 0.886. The first-order valence-electron chi connectivity index (χ1n) is 12.2. The number of aliphatic hydroxyl groups excluding tert-OH is 1. The van der Waals surface area contributed by atoms with E-state index in [0.29, 0.717) is 74.9 Å². The average Bonchev–Trinajstić information content (AvgIpc) is 2.89. The summed E-state index contributed by atoms with van der Waals surface area (Å²) in [7, 11) is 0. The molecule has 3 aliphatic rings. The van der Waals surface area contributed by atoms with E-state index >= 15 is 0 Å². The molecule has 0 unspecified atom stereocenters. The number of pyridine rings is 3. The van der Waals surface area contributed by atoms with E-state index in [0.717, 1.165) is 11.9 Å². The molecule has 0 bridgehead atoms. The predicted molar refractivity (Wildman–Crippen MR) is 128 cm³/mol. The number of likely N-dealkylation sites (tertiary alicyclic amines) is 1. The zero-order valence-corrected chi connectivity index (χ0v) is 19.7. The molecule has 10 nitrogen and oxygen atoms in total. The van der Waals surface area contributed by atoms with Crippen molar-refractivity contribution in [2.24, 2.45) is 5.92 Å². The first kappa shape index (κ1) is 23.1. The Balaban J connectivity index is 1.11. The summed E-state index contributed by atoms with van der Waals surface area (Å²) in [6, 6.07) is 4.66. The summed E-state index contributed by atoms with van der Waals surface area (Å²) < 4.78 is 32.8. The van der Waals surface area contributed by atoms with Gasteiger partial charge in [0.2, 0.25) is 0 Å². The molecular formula is C25H28FN5O5. The molecule has 0 saturated carbocycles. The lowest BCUT2D eigenvalue weighted by atomic mass is 9.94. The summed E-state index contributed by atoms with van der Waals surface area (Å²) >= 11 is 0. The molecule has 3 aromatic heterocycles. The highest BCUT2D eigenvalue weighted by molar-refractivity contribution is 5.82. The SMILES string of the molecule is O=c1ccc2ncc(F)c3c2n1[C@H](CN1CC[C@H](O)[C@H](CNCc2cc4c(cn2)OCCO4)C1)CO3. The number of piperidine rings is 1. The molecule has 3 aliphatic heterocycles. The van der Waals surface area contributed by atoms with Gasteiger partial charge in [0.1, 0.15) is 25.3 Å². The Labute approximate surface area is 206 Å². The van der Waals surface area contributed by atoms with Gasteiger partial charge >= 0.3 is 0 Å². The fraction of sp³-hybridized carbons (Fsp3) is 0.480. The maximum Gasteiger partial charge on any atom is 0.251 e. The highest BCUT2D eigenvalue weighted by atomic mass is 19.1. The molecule has 6 rings (SSSR count). The minimum Gasteiger partial charge on any atom is -0.486 e. The van der Waals surface area contributed by atoms with E-state index in [-0.39, 0.29) is 29.9 Å². The number of ether oxygens (including phenoxy) is 3. The van der Waals surface area contributed by atoms with Crippen LogP contribution in [0.5, 0.6) is 17.2 Å². The van der Waals surface area contributed by atoms with Crippen LogP contribution in [0.3, 0.4) is 0 Å². The number of aliphatic hydroxyl groups is 1. The van der Waals surface area contributed by atoms with E-state index in [1.165, 1.54) is 6.07 Å². The Hall–Kier alpha value is -3.28. The predicted octanol–water partition coefficient (Wildman–Crippen LogP) is 1.11. The standard InChI is InChI=1S/C25H28FN5O5/c26-18-10-29-19-1-2-23(33)31-17(14-36-25(18)24(19)31)13-30-4-3-20(32)15(12-30)8-27-9-16-7-21-22(11-28-16)35-6-5-34-21/h1-2,7,10-11,15,17,20,27,32H,3-6,8-9,12-14H2/t15-,17-,20+/m1/s1. The van der Waals surface area contributed by atoms with Gasteiger partial charge in [-0.2, -0.15) is 0 Å². The van der Waals surface area contributed by atoms with Gasteiger partial charge in [0, 0.05) is 50.8 Å². The molecule has 6 heterocycles. The molecule has 190 valence electrons. The van der Waals surface area contributed by atoms with Crippen LogP contribution in [0.1, 0.15) is 18.2 Å². The van der Waals surface area contributed by atoms with Crippen LogP contribution in [-0.4, -0.2) is 76.6 Å². The third-order valence-electron chi connectivity index (χ3n) is 7.09. The minimum absolute atomic E-state index is 0.0133. The zero-order valence-electron chi connectivity index (χ0n) is 19.7. The van der Waals surface area contributed by atoms with Crippen LogP contribution in [0.15, 0.2) is 35.4 Å². The van der Waals surface area contributed by atoms with Gasteiger partial charge in [0.15, 0.2) is 23.1 Å². The number of fused-ring (bicyclic) bond motifs is 1. The van der Waals surface area contributed by atoms with Crippen molar-refractivity contribution in [1.82, 2.24) is 24.8 Å². The van der Waals surface area contributed by atoms with Crippen LogP contribution in [0.25, 0.3) is 11.0 Å². The molecule has 0 amide bonds. The summed E-state index contributed by atoms with van der Waals surface area (Å²) in [6.07, 6.45) is 3.01. The van der Waals surface area contributed by atoms with Gasteiger partial charge < -0.3 is 29.5 Å². The maximum atomic E-state index is 14.3. The Morgan fingerprint density at radius 2 is 2.00 bits per heavy atom. The van der Waals surface area contributed by atoms with Gasteiger partial charge in [-0.15, -0.1) is 0 Å². The smallest absolute Gasteiger partial charge is 0.251 e. The third kappa shape index (κ3) is 4.38. The molecule has 11 heteroatoms. The normalized spacial score (nSPS) is 23.4. The molecular weight excluding hydrogens is 469 g/mol. The lowest BCUT2D eigenvalue weighted by molar-refractivity contribution is 0.0184. The number of halogens is 1. The number of nitrogens with one attached hydrogen (secondary N) is 1. The lowest BCUT2D eigenvalue weighted by Crippen LogP contribution is -2.49. The Bertz CT molecular complexity index is 1330. The van der Waals surface area contributed by atoms with Crippen LogP contribution < -0.4 is 25.1 Å². The molecule has 36 heavy (non-hydrogen) atoms. The molecule has 0 radical (unpaired) electrons. The monoisotopic (exact) mass is 497 g/mol. The second-order valence-electron chi connectivity index (χ2n) is 9.50. The molecule has 3 atom stereocenters. The Morgan fingerprint density at radius 3 is 2.89 bits per heavy atom. The van der Waals surface area contributed by atoms with E-state index < -0.39 is 11.9 Å². The maximum absolute atomic E-state index is 14.3. The zero-order chi connectivity index (χ0) is 24.6. The van der Waals surface area contributed by atoms with Crippen LogP contribution in [0.4, 0.5) is 4.39 Å². The average molecular weight is 498 g/mol. The highest BCUT2D eigenvalue weighted by Gasteiger charge is 2.32. The van der Waals surface area contributed by atoms with Crippen LogP contribution in [0, 0.1) is 11.7 Å².